The Morgan fingerprint density at radius 3 is 2.83 bits per heavy atom. The molecule has 1 amide bonds. The Hall–Kier alpha value is -2.14. The van der Waals surface area contributed by atoms with Crippen molar-refractivity contribution in [3.05, 3.63) is 48.3 Å². The van der Waals surface area contributed by atoms with Crippen LogP contribution >= 0.6 is 0 Å². The average Bonchev–Trinajstić information content (AvgIpc) is 3.11. The molecule has 5 heteroatoms. The lowest BCUT2D eigenvalue weighted by Crippen LogP contribution is -2.43. The normalized spacial score (nSPS) is 18.7. The fourth-order valence-corrected chi connectivity index (χ4v) is 3.23. The van der Waals surface area contributed by atoms with Gasteiger partial charge in [0.15, 0.2) is 5.69 Å². The van der Waals surface area contributed by atoms with Gasteiger partial charge in [-0.25, -0.2) is 4.68 Å². The van der Waals surface area contributed by atoms with E-state index in [-0.39, 0.29) is 5.91 Å². The molecule has 0 spiro atoms. The third-order valence-electron chi connectivity index (χ3n) is 4.67. The number of carbonyl (C=O) groups is 1. The van der Waals surface area contributed by atoms with E-state index in [1.165, 1.54) is 19.4 Å². The molecule has 0 aliphatic carbocycles. The van der Waals surface area contributed by atoms with Gasteiger partial charge in [-0.1, -0.05) is 18.2 Å². The molecule has 1 aromatic heterocycles. The topological polar surface area (TPSA) is 50.2 Å². The fraction of sp³-hybridized carbons (Fsp3) is 0.474. The van der Waals surface area contributed by atoms with Gasteiger partial charge in [-0.3, -0.25) is 4.79 Å². The van der Waals surface area contributed by atoms with Crippen LogP contribution in [-0.2, 0) is 0 Å². The predicted octanol–water partition coefficient (Wildman–Crippen LogP) is 2.72. The molecule has 1 atom stereocenters. The lowest BCUT2D eigenvalue weighted by molar-refractivity contribution is 0.0917. The highest BCUT2D eigenvalue weighted by Crippen LogP contribution is 2.17. The molecular weight excluding hydrogens is 300 g/mol. The molecular formula is C19H26N4O. The SMILES string of the molecule is CC(C)N1CCC[C@@H](CNC(=O)c2ccn(-c3ccccc3)n2)C1. The molecule has 0 saturated carbocycles. The zero-order valence-corrected chi connectivity index (χ0v) is 14.5. The van der Waals surface area contributed by atoms with Gasteiger partial charge >= 0.3 is 0 Å². The predicted molar refractivity (Wildman–Crippen MR) is 95.3 cm³/mol. The Kier molecular flexibility index (Phi) is 5.30. The number of likely N-dealkylation sites (tertiary alicyclic amines) is 1. The molecule has 128 valence electrons. The van der Waals surface area contributed by atoms with Crippen LogP contribution in [0.1, 0.15) is 37.2 Å². The molecule has 1 N–H and O–H groups in total. The van der Waals surface area contributed by atoms with Crippen LogP contribution in [-0.4, -0.2) is 46.3 Å². The van der Waals surface area contributed by atoms with Crippen molar-refractivity contribution in [1.82, 2.24) is 20.0 Å². The number of carbonyl (C=O) groups excluding carboxylic acids is 1. The van der Waals surface area contributed by atoms with Crippen LogP contribution < -0.4 is 5.32 Å². The van der Waals surface area contributed by atoms with Crippen LogP contribution in [0.4, 0.5) is 0 Å². The van der Waals surface area contributed by atoms with Gasteiger partial charge in [-0.05, 0) is 57.4 Å². The number of aromatic nitrogens is 2. The summed E-state index contributed by atoms with van der Waals surface area (Å²) in [5.41, 5.74) is 1.42. The second-order valence-corrected chi connectivity index (χ2v) is 6.79. The molecule has 2 aromatic rings. The van der Waals surface area contributed by atoms with Crippen LogP contribution in [0.5, 0.6) is 0 Å². The molecule has 3 rings (SSSR count). The monoisotopic (exact) mass is 326 g/mol. The molecule has 1 aliphatic heterocycles. The Morgan fingerprint density at radius 2 is 2.08 bits per heavy atom. The molecule has 1 saturated heterocycles. The second-order valence-electron chi connectivity index (χ2n) is 6.79. The van der Waals surface area contributed by atoms with E-state index in [0.29, 0.717) is 17.7 Å². The maximum Gasteiger partial charge on any atom is 0.271 e. The van der Waals surface area contributed by atoms with E-state index in [9.17, 15) is 4.79 Å². The number of piperidine rings is 1. The van der Waals surface area contributed by atoms with Crippen molar-refractivity contribution < 1.29 is 4.79 Å². The van der Waals surface area contributed by atoms with Crippen molar-refractivity contribution in [3.8, 4) is 5.69 Å². The molecule has 5 nitrogen and oxygen atoms in total. The largest absolute Gasteiger partial charge is 0.350 e. The van der Waals surface area contributed by atoms with E-state index in [0.717, 1.165) is 18.8 Å². The summed E-state index contributed by atoms with van der Waals surface area (Å²) in [4.78, 5) is 14.8. The first-order chi connectivity index (χ1) is 11.6. The highest BCUT2D eigenvalue weighted by molar-refractivity contribution is 5.92. The minimum Gasteiger partial charge on any atom is -0.350 e. The van der Waals surface area contributed by atoms with Crippen molar-refractivity contribution in [2.45, 2.75) is 32.7 Å². The van der Waals surface area contributed by atoms with Gasteiger partial charge in [0, 0.05) is 25.3 Å². The number of para-hydroxylation sites is 1. The summed E-state index contributed by atoms with van der Waals surface area (Å²) in [5.74, 6) is 0.438. The summed E-state index contributed by atoms with van der Waals surface area (Å²) < 4.78 is 1.73. The van der Waals surface area contributed by atoms with Crippen LogP contribution in [0.25, 0.3) is 5.69 Å². The first-order valence-electron chi connectivity index (χ1n) is 8.77. The number of hydrogen-bond acceptors (Lipinski definition) is 3. The number of rotatable bonds is 5. The van der Waals surface area contributed by atoms with Gasteiger partial charge in [-0.2, -0.15) is 5.10 Å². The van der Waals surface area contributed by atoms with E-state index in [1.807, 2.05) is 36.5 Å². The summed E-state index contributed by atoms with van der Waals surface area (Å²) in [7, 11) is 0. The summed E-state index contributed by atoms with van der Waals surface area (Å²) in [6.07, 6.45) is 4.22. The van der Waals surface area contributed by atoms with Gasteiger partial charge in [0.25, 0.3) is 5.91 Å². The molecule has 1 fully saturated rings. The fourth-order valence-electron chi connectivity index (χ4n) is 3.23. The third kappa shape index (κ3) is 4.03. The molecule has 0 bridgehead atoms. The smallest absolute Gasteiger partial charge is 0.271 e. The van der Waals surface area contributed by atoms with E-state index in [1.54, 1.807) is 10.7 Å². The number of hydrogen-bond donors (Lipinski definition) is 1. The molecule has 0 radical (unpaired) electrons. The van der Waals surface area contributed by atoms with Crippen LogP contribution in [0.3, 0.4) is 0 Å². The van der Waals surface area contributed by atoms with Gasteiger partial charge in [-0.15, -0.1) is 0 Å². The van der Waals surface area contributed by atoms with Gasteiger partial charge < -0.3 is 10.2 Å². The van der Waals surface area contributed by atoms with Crippen molar-refractivity contribution in [1.29, 1.82) is 0 Å². The number of nitrogens with zero attached hydrogens (tertiary/aromatic N) is 3. The quantitative estimate of drug-likeness (QED) is 0.919. The minimum atomic E-state index is -0.0913. The molecule has 1 aromatic carbocycles. The standard InChI is InChI=1S/C19H26N4O/c1-15(2)22-11-6-7-16(14-22)13-20-19(24)18-10-12-23(21-18)17-8-4-3-5-9-17/h3-5,8-10,12,15-16H,6-7,11,13-14H2,1-2H3,(H,20,24)/t16-/m0/s1. The summed E-state index contributed by atoms with van der Waals surface area (Å²) in [5, 5.41) is 7.43. The van der Waals surface area contributed by atoms with E-state index >= 15 is 0 Å². The van der Waals surface area contributed by atoms with Crippen molar-refractivity contribution in [2.75, 3.05) is 19.6 Å². The highest BCUT2D eigenvalue weighted by atomic mass is 16.1. The number of nitrogens with one attached hydrogen (secondary N) is 1. The maximum absolute atomic E-state index is 12.3. The average molecular weight is 326 g/mol. The minimum absolute atomic E-state index is 0.0913. The molecule has 0 unspecified atom stereocenters. The van der Waals surface area contributed by atoms with Gasteiger partial charge in [0.1, 0.15) is 0 Å². The number of benzene rings is 1. The lowest BCUT2D eigenvalue weighted by Gasteiger charge is -2.35. The Bertz CT molecular complexity index is 665. The van der Waals surface area contributed by atoms with Gasteiger partial charge in [0.05, 0.1) is 5.69 Å². The van der Waals surface area contributed by atoms with Crippen LogP contribution in [0.15, 0.2) is 42.6 Å². The third-order valence-corrected chi connectivity index (χ3v) is 4.67. The van der Waals surface area contributed by atoms with Crippen LogP contribution in [0.2, 0.25) is 0 Å². The van der Waals surface area contributed by atoms with Crippen molar-refractivity contribution in [3.63, 3.8) is 0 Å². The lowest BCUT2D eigenvalue weighted by atomic mass is 9.97. The Morgan fingerprint density at radius 1 is 1.29 bits per heavy atom. The summed E-state index contributed by atoms with van der Waals surface area (Å²) in [6.45, 7) is 7.43. The zero-order valence-electron chi connectivity index (χ0n) is 14.5. The summed E-state index contributed by atoms with van der Waals surface area (Å²) in [6, 6.07) is 12.2. The summed E-state index contributed by atoms with van der Waals surface area (Å²) >= 11 is 0. The number of amides is 1. The maximum atomic E-state index is 12.3. The van der Waals surface area contributed by atoms with E-state index < -0.39 is 0 Å². The van der Waals surface area contributed by atoms with E-state index in [4.69, 9.17) is 0 Å². The molecule has 1 aliphatic rings. The highest BCUT2D eigenvalue weighted by Gasteiger charge is 2.22. The first kappa shape index (κ1) is 16.7. The Labute approximate surface area is 143 Å². The van der Waals surface area contributed by atoms with Crippen LogP contribution in [0, 0.1) is 5.92 Å². The van der Waals surface area contributed by atoms with Crippen molar-refractivity contribution >= 4 is 5.91 Å². The van der Waals surface area contributed by atoms with E-state index in [2.05, 4.69) is 29.2 Å². The Balaban J connectivity index is 1.55. The molecule has 24 heavy (non-hydrogen) atoms. The molecule has 2 heterocycles. The second kappa shape index (κ2) is 7.62. The van der Waals surface area contributed by atoms with Gasteiger partial charge in [0.2, 0.25) is 0 Å². The van der Waals surface area contributed by atoms with Crippen molar-refractivity contribution in [2.24, 2.45) is 5.92 Å². The first-order valence-corrected chi connectivity index (χ1v) is 8.77. The zero-order chi connectivity index (χ0) is 16.9.